The van der Waals surface area contributed by atoms with E-state index in [0.29, 0.717) is 23.6 Å². The van der Waals surface area contributed by atoms with Crippen LogP contribution in [0.1, 0.15) is 12.5 Å². The summed E-state index contributed by atoms with van der Waals surface area (Å²) in [6.45, 7) is 2.50. The molecule has 0 atom stereocenters. The Morgan fingerprint density at radius 2 is 2.33 bits per heavy atom. The number of rotatable bonds is 2. The Morgan fingerprint density at radius 1 is 1.58 bits per heavy atom. The van der Waals surface area contributed by atoms with Crippen molar-refractivity contribution in [1.29, 1.82) is 5.26 Å². The Kier molecular flexibility index (Phi) is 2.54. The number of ether oxygens (including phenoxy) is 1. The van der Waals surface area contributed by atoms with Crippen molar-refractivity contribution in [3.05, 3.63) is 23.8 Å². The largest absolute Gasteiger partial charge is 0.494 e. The molecule has 0 bridgehead atoms. The monoisotopic (exact) mass is 162 g/mol. The van der Waals surface area contributed by atoms with E-state index in [1.54, 1.807) is 18.2 Å². The second-order valence-corrected chi connectivity index (χ2v) is 2.29. The molecule has 12 heavy (non-hydrogen) atoms. The van der Waals surface area contributed by atoms with Crippen LogP contribution in [-0.2, 0) is 0 Å². The van der Waals surface area contributed by atoms with E-state index >= 15 is 0 Å². The molecule has 0 aliphatic rings. The van der Waals surface area contributed by atoms with Gasteiger partial charge in [-0.05, 0) is 19.1 Å². The van der Waals surface area contributed by atoms with Crippen molar-refractivity contribution in [2.24, 2.45) is 0 Å². The van der Waals surface area contributed by atoms with E-state index in [9.17, 15) is 0 Å². The first kappa shape index (κ1) is 8.41. The second-order valence-electron chi connectivity index (χ2n) is 2.29. The third kappa shape index (κ3) is 1.67. The number of hydrogen-bond donors (Lipinski definition) is 1. The van der Waals surface area contributed by atoms with Gasteiger partial charge in [-0.1, -0.05) is 0 Å². The van der Waals surface area contributed by atoms with Gasteiger partial charge in [-0.25, -0.2) is 0 Å². The number of hydrogen-bond acceptors (Lipinski definition) is 3. The van der Waals surface area contributed by atoms with Gasteiger partial charge in [0.1, 0.15) is 11.8 Å². The highest BCUT2D eigenvalue weighted by atomic mass is 16.5. The predicted octanol–water partition coefficient (Wildman–Crippen LogP) is 1.54. The molecule has 3 nitrogen and oxygen atoms in total. The highest BCUT2D eigenvalue weighted by Crippen LogP contribution is 2.18. The zero-order valence-corrected chi connectivity index (χ0v) is 6.87. The molecule has 62 valence electrons. The fraction of sp³-hybridized carbons (Fsp3) is 0.222. The zero-order valence-electron chi connectivity index (χ0n) is 6.87. The number of nitrogens with zero attached hydrogens (tertiary/aromatic N) is 1. The maximum Gasteiger partial charge on any atom is 0.121 e. The molecular formula is C9H10N2O. The molecule has 0 aromatic heterocycles. The van der Waals surface area contributed by atoms with Crippen molar-refractivity contribution in [3.8, 4) is 11.8 Å². The third-order valence-electron chi connectivity index (χ3n) is 1.45. The standard InChI is InChI=1S/C9H10N2O/c1-2-12-8-4-3-7(6-10)9(11)5-8/h3-5H,2,11H2,1H3. The maximum absolute atomic E-state index is 8.57. The lowest BCUT2D eigenvalue weighted by molar-refractivity contribution is 0.340. The molecule has 1 rings (SSSR count). The lowest BCUT2D eigenvalue weighted by Gasteiger charge is -2.03. The van der Waals surface area contributed by atoms with Crippen molar-refractivity contribution in [3.63, 3.8) is 0 Å². The van der Waals surface area contributed by atoms with E-state index in [1.807, 2.05) is 13.0 Å². The number of nitriles is 1. The van der Waals surface area contributed by atoms with Crippen LogP contribution in [0.5, 0.6) is 5.75 Å². The van der Waals surface area contributed by atoms with Crippen LogP contribution < -0.4 is 10.5 Å². The van der Waals surface area contributed by atoms with Crippen LogP contribution in [-0.4, -0.2) is 6.61 Å². The predicted molar refractivity (Wildman–Crippen MR) is 46.7 cm³/mol. The van der Waals surface area contributed by atoms with Crippen molar-refractivity contribution in [1.82, 2.24) is 0 Å². The van der Waals surface area contributed by atoms with Gasteiger partial charge in [-0.3, -0.25) is 0 Å². The van der Waals surface area contributed by atoms with E-state index in [2.05, 4.69) is 0 Å². The normalized spacial score (nSPS) is 9.00. The maximum atomic E-state index is 8.57. The summed E-state index contributed by atoms with van der Waals surface area (Å²) in [7, 11) is 0. The summed E-state index contributed by atoms with van der Waals surface area (Å²) in [6.07, 6.45) is 0. The van der Waals surface area contributed by atoms with Crippen LogP contribution in [0.3, 0.4) is 0 Å². The first-order valence-electron chi connectivity index (χ1n) is 3.70. The van der Waals surface area contributed by atoms with Crippen molar-refractivity contribution in [2.45, 2.75) is 6.92 Å². The molecule has 0 aliphatic heterocycles. The molecular weight excluding hydrogens is 152 g/mol. The Morgan fingerprint density at radius 3 is 2.83 bits per heavy atom. The number of nitrogen functional groups attached to an aromatic ring is 1. The number of benzene rings is 1. The van der Waals surface area contributed by atoms with Crippen molar-refractivity contribution in [2.75, 3.05) is 12.3 Å². The Bertz CT molecular complexity index is 315. The first-order valence-corrected chi connectivity index (χ1v) is 3.70. The Balaban J connectivity index is 2.96. The molecule has 1 aromatic carbocycles. The topological polar surface area (TPSA) is 59.0 Å². The van der Waals surface area contributed by atoms with Crippen LogP contribution in [0.25, 0.3) is 0 Å². The number of anilines is 1. The summed E-state index contributed by atoms with van der Waals surface area (Å²) in [5, 5.41) is 8.57. The smallest absolute Gasteiger partial charge is 0.121 e. The highest BCUT2D eigenvalue weighted by Gasteiger charge is 1.98. The molecule has 0 unspecified atom stereocenters. The van der Waals surface area contributed by atoms with E-state index in [0.717, 1.165) is 0 Å². The van der Waals surface area contributed by atoms with Crippen LogP contribution >= 0.6 is 0 Å². The second kappa shape index (κ2) is 3.63. The van der Waals surface area contributed by atoms with Gasteiger partial charge in [0, 0.05) is 6.07 Å². The van der Waals surface area contributed by atoms with Gasteiger partial charge in [-0.2, -0.15) is 5.26 Å². The Hall–Kier alpha value is -1.69. The van der Waals surface area contributed by atoms with Crippen LogP contribution in [0.2, 0.25) is 0 Å². The molecule has 0 heterocycles. The van der Waals surface area contributed by atoms with Gasteiger partial charge in [-0.15, -0.1) is 0 Å². The molecule has 0 fully saturated rings. The van der Waals surface area contributed by atoms with Crippen LogP contribution in [0.4, 0.5) is 5.69 Å². The molecule has 1 aromatic rings. The molecule has 0 saturated heterocycles. The molecule has 0 saturated carbocycles. The highest BCUT2D eigenvalue weighted by molar-refractivity contribution is 5.56. The lowest BCUT2D eigenvalue weighted by atomic mass is 10.2. The van der Waals surface area contributed by atoms with E-state index in [4.69, 9.17) is 15.7 Å². The minimum Gasteiger partial charge on any atom is -0.494 e. The van der Waals surface area contributed by atoms with Gasteiger partial charge in [0.25, 0.3) is 0 Å². The summed E-state index contributed by atoms with van der Waals surface area (Å²) in [6, 6.07) is 7.03. The van der Waals surface area contributed by atoms with Crippen molar-refractivity contribution < 1.29 is 4.74 Å². The van der Waals surface area contributed by atoms with Gasteiger partial charge in [0.15, 0.2) is 0 Å². The van der Waals surface area contributed by atoms with E-state index in [-0.39, 0.29) is 0 Å². The van der Waals surface area contributed by atoms with Crippen LogP contribution in [0, 0.1) is 11.3 Å². The summed E-state index contributed by atoms with van der Waals surface area (Å²) in [4.78, 5) is 0. The first-order chi connectivity index (χ1) is 5.77. The SMILES string of the molecule is CCOc1ccc(C#N)c(N)c1. The van der Waals surface area contributed by atoms with Gasteiger partial charge in [0.05, 0.1) is 17.9 Å². The van der Waals surface area contributed by atoms with E-state index in [1.165, 1.54) is 0 Å². The molecule has 0 spiro atoms. The quantitative estimate of drug-likeness (QED) is 0.671. The summed E-state index contributed by atoms with van der Waals surface area (Å²) in [5.41, 5.74) is 6.51. The molecule has 0 radical (unpaired) electrons. The van der Waals surface area contributed by atoms with Gasteiger partial charge in [0.2, 0.25) is 0 Å². The fourth-order valence-electron chi connectivity index (χ4n) is 0.899. The molecule has 0 aliphatic carbocycles. The fourth-order valence-corrected chi connectivity index (χ4v) is 0.899. The third-order valence-corrected chi connectivity index (χ3v) is 1.45. The van der Waals surface area contributed by atoms with Crippen LogP contribution in [0.15, 0.2) is 18.2 Å². The summed E-state index contributed by atoms with van der Waals surface area (Å²) < 4.78 is 5.20. The minimum atomic E-state index is 0.462. The lowest BCUT2D eigenvalue weighted by Crippen LogP contribution is -1.94. The molecule has 0 amide bonds. The number of nitrogens with two attached hydrogens (primary N) is 1. The minimum absolute atomic E-state index is 0.462. The Labute approximate surface area is 71.4 Å². The average molecular weight is 162 g/mol. The summed E-state index contributed by atoms with van der Waals surface area (Å²) >= 11 is 0. The summed E-state index contributed by atoms with van der Waals surface area (Å²) in [5.74, 6) is 0.703. The van der Waals surface area contributed by atoms with E-state index < -0.39 is 0 Å². The molecule has 3 heteroatoms. The zero-order chi connectivity index (χ0) is 8.97. The van der Waals surface area contributed by atoms with Gasteiger partial charge >= 0.3 is 0 Å². The van der Waals surface area contributed by atoms with Crippen molar-refractivity contribution >= 4 is 5.69 Å². The molecule has 2 N–H and O–H groups in total. The average Bonchev–Trinajstić information content (AvgIpc) is 2.05. The van der Waals surface area contributed by atoms with Gasteiger partial charge < -0.3 is 10.5 Å².